The Bertz CT molecular complexity index is 1110. The lowest BCUT2D eigenvalue weighted by Gasteiger charge is -2.24. The summed E-state index contributed by atoms with van der Waals surface area (Å²) in [5.41, 5.74) is 0.380. The Morgan fingerprint density at radius 2 is 1.45 bits per heavy atom. The molecule has 1 N–H and O–H groups in total. The predicted octanol–water partition coefficient (Wildman–Crippen LogP) is 4.38. The summed E-state index contributed by atoms with van der Waals surface area (Å²) < 4.78 is 33.0. The van der Waals surface area contributed by atoms with Crippen molar-refractivity contribution < 1.29 is 17.9 Å². The second-order valence-electron chi connectivity index (χ2n) is 6.45. The van der Waals surface area contributed by atoms with Crippen LogP contribution < -0.4 is 14.4 Å². The molecule has 0 aliphatic carbocycles. The molecule has 0 saturated heterocycles. The van der Waals surface area contributed by atoms with Crippen molar-refractivity contribution in [3.05, 3.63) is 88.9 Å². The van der Waals surface area contributed by atoms with E-state index in [0.717, 1.165) is 4.31 Å². The molecule has 9 heteroatoms. The third-order valence-corrected chi connectivity index (χ3v) is 6.53. The number of carbonyl (C=O) groups is 1. The molecule has 162 valence electrons. The maximum absolute atomic E-state index is 13.2. The average molecular weight is 479 g/mol. The molecule has 0 aliphatic heterocycles. The Balaban J connectivity index is 1.66. The fourth-order valence-electron chi connectivity index (χ4n) is 2.72. The number of amides is 1. The summed E-state index contributed by atoms with van der Waals surface area (Å²) in [4.78, 5) is 12.5. The van der Waals surface area contributed by atoms with E-state index in [1.54, 1.807) is 54.6 Å². The van der Waals surface area contributed by atoms with Gasteiger partial charge in [-0.25, -0.2) is 8.42 Å². The van der Waals surface area contributed by atoms with Gasteiger partial charge in [0.05, 0.1) is 17.1 Å². The standard InChI is InChI=1S/C22H20Cl2N2O4S/c23-17-6-10-20(11-7-17)30-15-14-25-22(27)16-26(19-4-2-1-3-5-19)31(28,29)21-12-8-18(24)9-13-21/h1-13H,14-16H2,(H,25,27). The van der Waals surface area contributed by atoms with E-state index in [1.807, 2.05) is 0 Å². The van der Waals surface area contributed by atoms with Crippen LogP contribution in [0.4, 0.5) is 5.69 Å². The van der Waals surface area contributed by atoms with E-state index in [-0.39, 0.29) is 24.6 Å². The van der Waals surface area contributed by atoms with E-state index in [9.17, 15) is 13.2 Å². The Morgan fingerprint density at radius 3 is 2.06 bits per heavy atom. The van der Waals surface area contributed by atoms with Gasteiger partial charge in [0.1, 0.15) is 18.9 Å². The van der Waals surface area contributed by atoms with Gasteiger partial charge in [0.2, 0.25) is 5.91 Å². The fraction of sp³-hybridized carbons (Fsp3) is 0.136. The molecule has 3 aromatic rings. The van der Waals surface area contributed by atoms with Crippen molar-refractivity contribution in [2.75, 3.05) is 24.0 Å². The molecule has 0 saturated carbocycles. The van der Waals surface area contributed by atoms with E-state index >= 15 is 0 Å². The molecule has 0 spiro atoms. The zero-order chi connectivity index (χ0) is 22.3. The van der Waals surface area contributed by atoms with Crippen molar-refractivity contribution in [1.82, 2.24) is 5.32 Å². The highest BCUT2D eigenvalue weighted by molar-refractivity contribution is 7.92. The van der Waals surface area contributed by atoms with Crippen LogP contribution >= 0.6 is 23.2 Å². The number of benzene rings is 3. The van der Waals surface area contributed by atoms with Gasteiger partial charge in [-0.1, -0.05) is 41.4 Å². The Morgan fingerprint density at radius 1 is 0.871 bits per heavy atom. The topological polar surface area (TPSA) is 75.7 Å². The molecule has 0 unspecified atom stereocenters. The number of ether oxygens (including phenoxy) is 1. The number of nitrogens with one attached hydrogen (secondary N) is 1. The first-order valence-electron chi connectivity index (χ1n) is 9.35. The Labute approximate surface area is 191 Å². The van der Waals surface area contributed by atoms with Crippen molar-refractivity contribution in [2.45, 2.75) is 4.90 Å². The maximum Gasteiger partial charge on any atom is 0.264 e. The van der Waals surface area contributed by atoms with Crippen molar-refractivity contribution >= 4 is 44.8 Å². The Hall–Kier alpha value is -2.74. The predicted molar refractivity (Wildman–Crippen MR) is 122 cm³/mol. The molecule has 0 atom stereocenters. The van der Waals surface area contributed by atoms with Gasteiger partial charge in [-0.3, -0.25) is 9.10 Å². The van der Waals surface area contributed by atoms with Gasteiger partial charge in [-0.05, 0) is 60.7 Å². The summed E-state index contributed by atoms with van der Waals surface area (Å²) in [5.74, 6) is 0.163. The van der Waals surface area contributed by atoms with Crippen LogP contribution in [0, 0.1) is 0 Å². The van der Waals surface area contributed by atoms with Gasteiger partial charge in [0.15, 0.2) is 0 Å². The lowest BCUT2D eigenvalue weighted by Crippen LogP contribution is -2.41. The van der Waals surface area contributed by atoms with Crippen LogP contribution in [-0.4, -0.2) is 34.0 Å². The molecule has 3 rings (SSSR count). The van der Waals surface area contributed by atoms with Crippen LogP contribution in [0.3, 0.4) is 0 Å². The Kier molecular flexibility index (Phi) is 7.79. The van der Waals surface area contributed by atoms with E-state index in [4.69, 9.17) is 27.9 Å². The number of carbonyl (C=O) groups excluding carboxylic acids is 1. The van der Waals surface area contributed by atoms with Crippen LogP contribution in [0.2, 0.25) is 10.0 Å². The number of anilines is 1. The zero-order valence-electron chi connectivity index (χ0n) is 16.4. The molecule has 1 amide bonds. The van der Waals surface area contributed by atoms with E-state index in [0.29, 0.717) is 21.5 Å². The molecule has 0 bridgehead atoms. The second kappa shape index (κ2) is 10.5. The highest BCUT2D eigenvalue weighted by Crippen LogP contribution is 2.24. The number of para-hydroxylation sites is 1. The van der Waals surface area contributed by atoms with Gasteiger partial charge in [-0.2, -0.15) is 0 Å². The first-order chi connectivity index (χ1) is 14.9. The van der Waals surface area contributed by atoms with Gasteiger partial charge < -0.3 is 10.1 Å². The van der Waals surface area contributed by atoms with Crippen molar-refractivity contribution in [3.8, 4) is 5.75 Å². The molecular formula is C22H20Cl2N2O4S. The van der Waals surface area contributed by atoms with Crippen molar-refractivity contribution in [1.29, 1.82) is 0 Å². The molecule has 3 aromatic carbocycles. The smallest absolute Gasteiger partial charge is 0.264 e. The highest BCUT2D eigenvalue weighted by atomic mass is 35.5. The molecular weight excluding hydrogens is 459 g/mol. The van der Waals surface area contributed by atoms with E-state index in [1.165, 1.54) is 24.3 Å². The van der Waals surface area contributed by atoms with Crippen LogP contribution in [0.5, 0.6) is 5.75 Å². The summed E-state index contributed by atoms with van der Waals surface area (Å²) in [6.45, 7) is 0.0592. The summed E-state index contributed by atoms with van der Waals surface area (Å²) in [6, 6.07) is 21.1. The number of sulfonamides is 1. The minimum absolute atomic E-state index is 0.0413. The SMILES string of the molecule is O=C(CN(c1ccccc1)S(=O)(=O)c1ccc(Cl)cc1)NCCOc1ccc(Cl)cc1. The quantitative estimate of drug-likeness (QED) is 0.462. The monoisotopic (exact) mass is 478 g/mol. The normalized spacial score (nSPS) is 11.0. The number of hydrogen-bond donors (Lipinski definition) is 1. The fourth-order valence-corrected chi connectivity index (χ4v) is 4.39. The minimum Gasteiger partial charge on any atom is -0.492 e. The van der Waals surface area contributed by atoms with Crippen LogP contribution in [0.15, 0.2) is 83.8 Å². The maximum atomic E-state index is 13.2. The summed E-state index contributed by atoms with van der Waals surface area (Å²) >= 11 is 11.7. The second-order valence-corrected chi connectivity index (χ2v) is 9.19. The van der Waals surface area contributed by atoms with Crippen LogP contribution in [-0.2, 0) is 14.8 Å². The van der Waals surface area contributed by atoms with Gasteiger partial charge in [-0.15, -0.1) is 0 Å². The summed E-state index contributed by atoms with van der Waals surface area (Å²) in [5, 5.41) is 3.70. The third-order valence-electron chi connectivity index (χ3n) is 4.24. The largest absolute Gasteiger partial charge is 0.492 e. The lowest BCUT2D eigenvalue weighted by molar-refractivity contribution is -0.119. The molecule has 0 aliphatic rings. The molecule has 0 aromatic heterocycles. The highest BCUT2D eigenvalue weighted by Gasteiger charge is 2.27. The molecule has 0 heterocycles. The van der Waals surface area contributed by atoms with Crippen molar-refractivity contribution in [3.63, 3.8) is 0 Å². The zero-order valence-corrected chi connectivity index (χ0v) is 18.7. The molecule has 0 fully saturated rings. The van der Waals surface area contributed by atoms with Crippen LogP contribution in [0.25, 0.3) is 0 Å². The molecule has 0 radical (unpaired) electrons. The van der Waals surface area contributed by atoms with Gasteiger partial charge >= 0.3 is 0 Å². The first kappa shape index (κ1) is 22.9. The molecule has 31 heavy (non-hydrogen) atoms. The number of hydrogen-bond acceptors (Lipinski definition) is 4. The average Bonchev–Trinajstić information content (AvgIpc) is 2.77. The lowest BCUT2D eigenvalue weighted by atomic mass is 10.3. The van der Waals surface area contributed by atoms with E-state index < -0.39 is 15.9 Å². The summed E-state index contributed by atoms with van der Waals surface area (Å²) in [7, 11) is -3.97. The minimum atomic E-state index is -3.97. The van der Waals surface area contributed by atoms with Crippen molar-refractivity contribution in [2.24, 2.45) is 0 Å². The number of halogens is 2. The number of rotatable bonds is 9. The van der Waals surface area contributed by atoms with Gasteiger partial charge in [0.25, 0.3) is 10.0 Å². The van der Waals surface area contributed by atoms with E-state index in [2.05, 4.69) is 5.32 Å². The van der Waals surface area contributed by atoms with Gasteiger partial charge in [0, 0.05) is 10.0 Å². The third kappa shape index (κ3) is 6.37. The number of nitrogens with zero attached hydrogens (tertiary/aromatic N) is 1. The molecule has 6 nitrogen and oxygen atoms in total. The summed E-state index contributed by atoms with van der Waals surface area (Å²) in [6.07, 6.45) is 0. The first-order valence-corrected chi connectivity index (χ1v) is 11.5. The van der Waals surface area contributed by atoms with Crippen LogP contribution in [0.1, 0.15) is 0 Å².